The minimum Gasteiger partial charge on any atom is -0.503 e. The Morgan fingerprint density at radius 3 is 2.24 bits per heavy atom. The van der Waals surface area contributed by atoms with E-state index in [1.165, 1.54) is 12.1 Å². The summed E-state index contributed by atoms with van der Waals surface area (Å²) in [6.07, 6.45) is 0. The van der Waals surface area contributed by atoms with Crippen molar-refractivity contribution < 1.29 is 19.0 Å². The molecule has 1 aliphatic heterocycles. The zero-order valence-electron chi connectivity index (χ0n) is 15.9. The smallest absolute Gasteiger partial charge is 0.290 e. The van der Waals surface area contributed by atoms with E-state index in [9.17, 15) is 14.3 Å². The summed E-state index contributed by atoms with van der Waals surface area (Å²) in [6, 6.07) is 22.3. The highest BCUT2D eigenvalue weighted by Crippen LogP contribution is 2.43. The molecule has 0 fully saturated rings. The summed E-state index contributed by atoms with van der Waals surface area (Å²) in [5.41, 5.74) is 2.88. The van der Waals surface area contributed by atoms with Crippen LogP contribution in [0, 0.1) is 5.82 Å². The Balaban J connectivity index is 1.76. The molecule has 0 unspecified atom stereocenters. The Morgan fingerprint density at radius 2 is 1.62 bits per heavy atom. The maximum absolute atomic E-state index is 13.4. The highest BCUT2D eigenvalue weighted by molar-refractivity contribution is 6.05. The predicted octanol–water partition coefficient (Wildman–Crippen LogP) is 4.89. The fourth-order valence-corrected chi connectivity index (χ4v) is 3.65. The van der Waals surface area contributed by atoms with Crippen molar-refractivity contribution in [2.75, 3.05) is 7.11 Å². The van der Waals surface area contributed by atoms with Gasteiger partial charge in [0, 0.05) is 12.1 Å². The van der Waals surface area contributed by atoms with Gasteiger partial charge < -0.3 is 14.7 Å². The van der Waals surface area contributed by atoms with Crippen LogP contribution in [0.5, 0.6) is 5.75 Å². The average Bonchev–Trinajstić information content (AvgIpc) is 3.00. The molecule has 29 heavy (non-hydrogen) atoms. The molecule has 0 aromatic heterocycles. The SMILES string of the molecule is COc1ccc(CN2C(=O)C(O)=C(c3ccc(F)cc3)[C@H]2c2ccccc2)cc1. The Hall–Kier alpha value is -3.60. The molecule has 3 aromatic carbocycles. The van der Waals surface area contributed by atoms with Crippen molar-refractivity contribution in [2.24, 2.45) is 0 Å². The molecule has 1 heterocycles. The molecule has 0 saturated heterocycles. The number of rotatable bonds is 5. The second-order valence-corrected chi connectivity index (χ2v) is 6.86. The summed E-state index contributed by atoms with van der Waals surface area (Å²) < 4.78 is 18.6. The molecule has 5 heteroatoms. The molecular formula is C24H20FNO3. The van der Waals surface area contributed by atoms with E-state index >= 15 is 0 Å². The van der Waals surface area contributed by atoms with Crippen molar-refractivity contribution >= 4 is 11.5 Å². The number of halogens is 1. The third-order valence-electron chi connectivity index (χ3n) is 5.09. The lowest BCUT2D eigenvalue weighted by Crippen LogP contribution is -2.29. The quantitative estimate of drug-likeness (QED) is 0.676. The van der Waals surface area contributed by atoms with Gasteiger partial charge in [-0.2, -0.15) is 0 Å². The van der Waals surface area contributed by atoms with Crippen LogP contribution in [0.25, 0.3) is 5.57 Å². The number of amides is 1. The Bertz CT molecular complexity index is 1040. The predicted molar refractivity (Wildman–Crippen MR) is 109 cm³/mol. The van der Waals surface area contributed by atoms with Gasteiger partial charge in [-0.25, -0.2) is 4.39 Å². The summed E-state index contributed by atoms with van der Waals surface area (Å²) in [4.78, 5) is 14.6. The van der Waals surface area contributed by atoms with Crippen LogP contribution in [0.15, 0.2) is 84.6 Å². The molecule has 0 spiro atoms. The minimum atomic E-state index is -0.476. The summed E-state index contributed by atoms with van der Waals surface area (Å²) in [7, 11) is 1.60. The van der Waals surface area contributed by atoms with Gasteiger partial charge in [0.25, 0.3) is 5.91 Å². The van der Waals surface area contributed by atoms with E-state index in [-0.39, 0.29) is 11.6 Å². The van der Waals surface area contributed by atoms with Gasteiger partial charge >= 0.3 is 0 Å². The standard InChI is InChI=1S/C24H20FNO3/c1-29-20-13-7-16(8-14-20)15-26-22(18-5-3-2-4-6-18)21(23(27)24(26)28)17-9-11-19(25)12-10-17/h2-14,22,27H,15H2,1H3/t22-/m1/s1. The lowest BCUT2D eigenvalue weighted by molar-refractivity contribution is -0.130. The number of carbonyl (C=O) groups excluding carboxylic acids is 1. The molecule has 3 aromatic rings. The fourth-order valence-electron chi connectivity index (χ4n) is 3.65. The molecule has 0 radical (unpaired) electrons. The normalized spacial score (nSPS) is 16.4. The van der Waals surface area contributed by atoms with E-state index in [2.05, 4.69) is 0 Å². The van der Waals surface area contributed by atoms with Crippen molar-refractivity contribution in [3.05, 3.63) is 107 Å². The van der Waals surface area contributed by atoms with Gasteiger partial charge in [0.2, 0.25) is 0 Å². The van der Waals surface area contributed by atoms with E-state index in [4.69, 9.17) is 4.74 Å². The van der Waals surface area contributed by atoms with Crippen LogP contribution in [-0.2, 0) is 11.3 Å². The first kappa shape index (κ1) is 18.7. The maximum atomic E-state index is 13.4. The number of hydrogen-bond donors (Lipinski definition) is 1. The van der Waals surface area contributed by atoms with E-state index in [1.807, 2.05) is 54.6 Å². The highest BCUT2D eigenvalue weighted by atomic mass is 19.1. The van der Waals surface area contributed by atoms with E-state index in [0.717, 1.165) is 16.9 Å². The first-order chi connectivity index (χ1) is 14.1. The van der Waals surface area contributed by atoms with Crippen LogP contribution in [0.4, 0.5) is 4.39 Å². The summed E-state index contributed by atoms with van der Waals surface area (Å²) in [6.45, 7) is 0.317. The number of nitrogens with zero attached hydrogens (tertiary/aromatic N) is 1. The van der Waals surface area contributed by atoms with Crippen LogP contribution in [0.2, 0.25) is 0 Å². The van der Waals surface area contributed by atoms with Crippen molar-refractivity contribution in [3.63, 3.8) is 0 Å². The number of methoxy groups -OCH3 is 1. The molecule has 4 nitrogen and oxygen atoms in total. The van der Waals surface area contributed by atoms with E-state index in [0.29, 0.717) is 17.7 Å². The Kier molecular flexibility index (Phi) is 5.04. The molecular weight excluding hydrogens is 369 g/mol. The molecule has 1 amide bonds. The molecule has 4 rings (SSSR count). The van der Waals surface area contributed by atoms with Crippen LogP contribution >= 0.6 is 0 Å². The number of benzene rings is 3. The summed E-state index contributed by atoms with van der Waals surface area (Å²) in [5.74, 6) is -0.397. The van der Waals surface area contributed by atoms with Crippen LogP contribution in [0.1, 0.15) is 22.7 Å². The van der Waals surface area contributed by atoms with Gasteiger partial charge in [-0.3, -0.25) is 4.79 Å². The molecule has 1 atom stereocenters. The van der Waals surface area contributed by atoms with Crippen LogP contribution < -0.4 is 4.74 Å². The van der Waals surface area contributed by atoms with Crippen molar-refractivity contribution in [1.82, 2.24) is 4.90 Å². The zero-order valence-corrected chi connectivity index (χ0v) is 15.9. The Labute approximate surface area is 168 Å². The van der Waals surface area contributed by atoms with Crippen molar-refractivity contribution in [3.8, 4) is 5.75 Å². The second-order valence-electron chi connectivity index (χ2n) is 6.86. The third kappa shape index (κ3) is 3.59. The summed E-state index contributed by atoms with van der Waals surface area (Å²) in [5, 5.41) is 10.7. The molecule has 0 saturated carbocycles. The number of aliphatic hydroxyl groups excluding tert-OH is 1. The van der Waals surface area contributed by atoms with E-state index in [1.54, 1.807) is 24.1 Å². The first-order valence-electron chi connectivity index (χ1n) is 9.26. The van der Waals surface area contributed by atoms with Gasteiger partial charge in [0.1, 0.15) is 11.6 Å². The van der Waals surface area contributed by atoms with Gasteiger partial charge in [-0.1, -0.05) is 54.6 Å². The first-order valence-corrected chi connectivity index (χ1v) is 9.26. The molecule has 0 aliphatic carbocycles. The highest BCUT2D eigenvalue weighted by Gasteiger charge is 2.40. The second kappa shape index (κ2) is 7.80. The zero-order chi connectivity index (χ0) is 20.4. The van der Waals surface area contributed by atoms with Gasteiger partial charge in [-0.05, 0) is 41.0 Å². The maximum Gasteiger partial charge on any atom is 0.290 e. The van der Waals surface area contributed by atoms with Crippen molar-refractivity contribution in [1.29, 1.82) is 0 Å². The van der Waals surface area contributed by atoms with Crippen LogP contribution in [0.3, 0.4) is 0 Å². The third-order valence-corrected chi connectivity index (χ3v) is 5.09. The minimum absolute atomic E-state index is 0.307. The van der Waals surface area contributed by atoms with E-state index < -0.39 is 11.9 Å². The van der Waals surface area contributed by atoms with Gasteiger partial charge in [0.05, 0.1) is 13.2 Å². The molecule has 146 valence electrons. The monoisotopic (exact) mass is 389 g/mol. The molecule has 0 bridgehead atoms. The molecule has 1 aliphatic rings. The Morgan fingerprint density at radius 1 is 0.966 bits per heavy atom. The number of carbonyl (C=O) groups is 1. The molecule has 1 N–H and O–H groups in total. The largest absolute Gasteiger partial charge is 0.503 e. The number of hydrogen-bond acceptors (Lipinski definition) is 3. The van der Waals surface area contributed by atoms with Gasteiger partial charge in [-0.15, -0.1) is 0 Å². The lowest BCUT2D eigenvalue weighted by Gasteiger charge is -2.27. The topological polar surface area (TPSA) is 49.8 Å². The number of ether oxygens (including phenoxy) is 1. The number of aliphatic hydroxyl groups is 1. The van der Waals surface area contributed by atoms with Crippen LogP contribution in [-0.4, -0.2) is 23.0 Å². The van der Waals surface area contributed by atoms with Crippen molar-refractivity contribution in [2.45, 2.75) is 12.6 Å². The van der Waals surface area contributed by atoms with Gasteiger partial charge in [0.15, 0.2) is 5.76 Å². The lowest BCUT2D eigenvalue weighted by atomic mass is 9.93. The fraction of sp³-hybridized carbons (Fsp3) is 0.125. The summed E-state index contributed by atoms with van der Waals surface area (Å²) >= 11 is 0. The average molecular weight is 389 g/mol.